The first-order valence-electron chi connectivity index (χ1n) is 6.34. The molecule has 0 aliphatic carbocycles. The Morgan fingerprint density at radius 3 is 2.78 bits per heavy atom. The van der Waals surface area contributed by atoms with Crippen molar-refractivity contribution in [1.29, 1.82) is 0 Å². The predicted molar refractivity (Wildman–Crippen MR) is 78.3 cm³/mol. The van der Waals surface area contributed by atoms with E-state index in [2.05, 4.69) is 13.5 Å². The summed E-state index contributed by atoms with van der Waals surface area (Å²) in [6.07, 6.45) is 2.66. The lowest BCUT2D eigenvalue weighted by Crippen LogP contribution is -2.21. The Morgan fingerprint density at radius 1 is 1.50 bits per heavy atom. The fourth-order valence-electron chi connectivity index (χ4n) is 1.57. The molecule has 100 valence electrons. The van der Waals surface area contributed by atoms with Gasteiger partial charge in [0.25, 0.3) is 0 Å². The first kappa shape index (κ1) is 15.1. The van der Waals surface area contributed by atoms with Crippen LogP contribution < -0.4 is 10.5 Å². The van der Waals surface area contributed by atoms with Crippen LogP contribution in [0.3, 0.4) is 0 Å². The molecule has 1 unspecified atom stereocenters. The molecule has 0 amide bonds. The minimum absolute atomic E-state index is 0.191. The number of nitrogens with two attached hydrogens (primary N) is 1. The van der Waals surface area contributed by atoms with E-state index in [0.717, 1.165) is 36.1 Å². The average molecular weight is 268 g/mol. The smallest absolute Gasteiger partial charge is 0.137 e. The van der Waals surface area contributed by atoms with E-state index >= 15 is 0 Å². The highest BCUT2D eigenvalue weighted by Gasteiger charge is 2.06. The molecule has 1 atom stereocenters. The summed E-state index contributed by atoms with van der Waals surface area (Å²) in [6.45, 7) is 8.52. The Hall–Kier alpha value is -0.990. The van der Waals surface area contributed by atoms with Crippen LogP contribution in [0.25, 0.3) is 0 Å². The van der Waals surface area contributed by atoms with Crippen molar-refractivity contribution in [2.75, 3.05) is 6.61 Å². The Morgan fingerprint density at radius 2 is 2.22 bits per heavy atom. The quantitative estimate of drug-likeness (QED) is 0.759. The molecule has 0 bridgehead atoms. The molecule has 0 aliphatic rings. The summed E-state index contributed by atoms with van der Waals surface area (Å²) >= 11 is 6.18. The maximum Gasteiger partial charge on any atom is 0.137 e. The van der Waals surface area contributed by atoms with E-state index in [1.165, 1.54) is 0 Å². The number of hydrogen-bond donors (Lipinski definition) is 1. The summed E-state index contributed by atoms with van der Waals surface area (Å²) in [6, 6.07) is 6.07. The second-order valence-electron chi connectivity index (χ2n) is 4.69. The molecule has 1 aromatic carbocycles. The molecule has 0 fully saturated rings. The summed E-state index contributed by atoms with van der Waals surface area (Å²) in [4.78, 5) is 0. The van der Waals surface area contributed by atoms with Gasteiger partial charge in [-0.2, -0.15) is 0 Å². The van der Waals surface area contributed by atoms with Gasteiger partial charge in [0.15, 0.2) is 0 Å². The largest absolute Gasteiger partial charge is 0.492 e. The molecule has 0 aliphatic heterocycles. The summed E-state index contributed by atoms with van der Waals surface area (Å²) in [5.41, 5.74) is 8.18. The van der Waals surface area contributed by atoms with Crippen molar-refractivity contribution in [3.63, 3.8) is 0 Å². The highest BCUT2D eigenvalue weighted by atomic mass is 35.5. The van der Waals surface area contributed by atoms with E-state index in [1.54, 1.807) is 0 Å². The van der Waals surface area contributed by atoms with Crippen LogP contribution in [-0.2, 0) is 6.42 Å². The zero-order valence-corrected chi connectivity index (χ0v) is 12.0. The first-order valence-corrected chi connectivity index (χ1v) is 6.72. The van der Waals surface area contributed by atoms with Crippen molar-refractivity contribution in [2.24, 2.45) is 5.73 Å². The van der Waals surface area contributed by atoms with Gasteiger partial charge in [0.1, 0.15) is 5.75 Å². The van der Waals surface area contributed by atoms with Crippen LogP contribution in [0.2, 0.25) is 5.02 Å². The molecule has 2 nitrogen and oxygen atoms in total. The van der Waals surface area contributed by atoms with Gasteiger partial charge < -0.3 is 10.5 Å². The van der Waals surface area contributed by atoms with Crippen molar-refractivity contribution in [3.05, 3.63) is 40.9 Å². The number of halogens is 1. The lowest BCUT2D eigenvalue weighted by atomic mass is 10.0. The van der Waals surface area contributed by atoms with Gasteiger partial charge in [-0.15, -0.1) is 6.58 Å². The number of hydrogen-bond acceptors (Lipinski definition) is 2. The van der Waals surface area contributed by atoms with Crippen molar-refractivity contribution in [2.45, 2.75) is 39.2 Å². The van der Waals surface area contributed by atoms with Crippen LogP contribution in [0.5, 0.6) is 5.75 Å². The monoisotopic (exact) mass is 267 g/mol. The fourth-order valence-corrected chi connectivity index (χ4v) is 1.83. The first-order chi connectivity index (χ1) is 8.52. The lowest BCUT2D eigenvalue weighted by molar-refractivity contribution is 0.322. The third kappa shape index (κ3) is 5.11. The Balaban J connectivity index is 2.59. The Labute approximate surface area is 115 Å². The van der Waals surface area contributed by atoms with Gasteiger partial charge in [-0.05, 0) is 37.5 Å². The normalized spacial score (nSPS) is 12.2. The fraction of sp³-hybridized carbons (Fsp3) is 0.467. The van der Waals surface area contributed by atoms with Crippen LogP contribution in [0.4, 0.5) is 0 Å². The molecular formula is C15H22ClNO. The molecule has 0 saturated heterocycles. The molecule has 0 saturated carbocycles. The molecule has 1 aromatic rings. The Bertz CT molecular complexity index is 403. The highest BCUT2D eigenvalue weighted by molar-refractivity contribution is 6.32. The van der Waals surface area contributed by atoms with Crippen molar-refractivity contribution < 1.29 is 4.74 Å². The van der Waals surface area contributed by atoms with Gasteiger partial charge in [-0.1, -0.05) is 30.2 Å². The van der Waals surface area contributed by atoms with Gasteiger partial charge in [-0.25, -0.2) is 0 Å². The lowest BCUT2D eigenvalue weighted by Gasteiger charge is -2.12. The van der Waals surface area contributed by atoms with Crippen LogP contribution >= 0.6 is 11.6 Å². The standard InChI is InChI=1S/C15H22ClNO/c1-4-13(17)9-12-5-6-15(14(16)10-12)18-8-7-11(2)3/h5-6,10,13H,2,4,7-9,17H2,1,3H3. The SMILES string of the molecule is C=C(C)CCOc1ccc(CC(N)CC)cc1Cl. The van der Waals surface area contributed by atoms with Gasteiger partial charge in [0.05, 0.1) is 11.6 Å². The molecule has 0 heterocycles. The topological polar surface area (TPSA) is 35.2 Å². The molecule has 3 heteroatoms. The van der Waals surface area contributed by atoms with E-state index in [-0.39, 0.29) is 6.04 Å². The molecule has 2 N–H and O–H groups in total. The number of rotatable bonds is 7. The van der Waals surface area contributed by atoms with Gasteiger partial charge in [-0.3, -0.25) is 0 Å². The van der Waals surface area contributed by atoms with Crippen LogP contribution in [0.1, 0.15) is 32.3 Å². The predicted octanol–water partition coefficient (Wildman–Crippen LogP) is 3.96. The van der Waals surface area contributed by atoms with E-state index in [1.807, 2.05) is 25.1 Å². The zero-order valence-electron chi connectivity index (χ0n) is 11.2. The molecular weight excluding hydrogens is 246 g/mol. The minimum atomic E-state index is 0.191. The van der Waals surface area contributed by atoms with Crippen molar-refractivity contribution in [1.82, 2.24) is 0 Å². The summed E-state index contributed by atoms with van der Waals surface area (Å²) in [7, 11) is 0. The number of ether oxygens (including phenoxy) is 1. The molecule has 18 heavy (non-hydrogen) atoms. The van der Waals surface area contributed by atoms with Crippen LogP contribution in [-0.4, -0.2) is 12.6 Å². The maximum atomic E-state index is 6.18. The summed E-state index contributed by atoms with van der Waals surface area (Å²) < 4.78 is 5.61. The minimum Gasteiger partial charge on any atom is -0.492 e. The van der Waals surface area contributed by atoms with E-state index < -0.39 is 0 Å². The highest BCUT2D eigenvalue weighted by Crippen LogP contribution is 2.26. The Kier molecular flexibility index (Phi) is 6.23. The van der Waals surface area contributed by atoms with Gasteiger partial charge in [0, 0.05) is 12.5 Å². The molecule has 0 radical (unpaired) electrons. The molecule has 0 aromatic heterocycles. The van der Waals surface area contributed by atoms with Crippen LogP contribution in [0.15, 0.2) is 30.4 Å². The zero-order chi connectivity index (χ0) is 13.5. The van der Waals surface area contributed by atoms with Crippen molar-refractivity contribution in [3.8, 4) is 5.75 Å². The third-order valence-corrected chi connectivity index (χ3v) is 3.10. The molecule has 0 spiro atoms. The summed E-state index contributed by atoms with van der Waals surface area (Å²) in [5, 5.41) is 0.650. The van der Waals surface area contributed by atoms with Gasteiger partial charge in [0.2, 0.25) is 0 Å². The van der Waals surface area contributed by atoms with E-state index in [9.17, 15) is 0 Å². The van der Waals surface area contributed by atoms with E-state index in [4.69, 9.17) is 22.1 Å². The molecule has 1 rings (SSSR count). The third-order valence-electron chi connectivity index (χ3n) is 2.80. The van der Waals surface area contributed by atoms with Crippen molar-refractivity contribution >= 4 is 11.6 Å². The summed E-state index contributed by atoms with van der Waals surface area (Å²) in [5.74, 6) is 0.728. The van der Waals surface area contributed by atoms with Crippen LogP contribution in [0, 0.1) is 0 Å². The second-order valence-corrected chi connectivity index (χ2v) is 5.10. The number of benzene rings is 1. The van der Waals surface area contributed by atoms with E-state index in [0.29, 0.717) is 11.6 Å². The second kappa shape index (κ2) is 7.45. The maximum absolute atomic E-state index is 6.18. The average Bonchev–Trinajstić information content (AvgIpc) is 2.31. The van der Waals surface area contributed by atoms with Gasteiger partial charge >= 0.3 is 0 Å².